The van der Waals surface area contributed by atoms with Gasteiger partial charge in [0.2, 0.25) is 0 Å². The molecule has 1 nitrogen and oxygen atoms in total. The monoisotopic (exact) mass is 241 g/mol. The Hall–Kier alpha value is -1.28. The van der Waals surface area contributed by atoms with Gasteiger partial charge in [-0.3, -0.25) is 4.98 Å². The van der Waals surface area contributed by atoms with E-state index in [9.17, 15) is 0 Å². The predicted molar refractivity (Wildman–Crippen MR) is 72.2 cm³/mol. The topological polar surface area (TPSA) is 12.9 Å². The average Bonchev–Trinajstić information content (AvgIpc) is 3.22. The Bertz CT molecular complexity index is 491. The molecule has 0 amide bonds. The van der Waals surface area contributed by atoms with Crippen LogP contribution in [0.4, 0.5) is 0 Å². The summed E-state index contributed by atoms with van der Waals surface area (Å²) in [6, 6.07) is 12.9. The van der Waals surface area contributed by atoms with E-state index in [1.54, 1.807) is 0 Å². The first-order valence-electron chi connectivity index (χ1n) is 6.03. The zero-order valence-corrected chi connectivity index (χ0v) is 10.5. The van der Waals surface area contributed by atoms with Crippen molar-refractivity contribution >= 4 is 11.8 Å². The van der Waals surface area contributed by atoms with Gasteiger partial charge in [-0.25, -0.2) is 0 Å². The van der Waals surface area contributed by atoms with Gasteiger partial charge in [-0.15, -0.1) is 11.8 Å². The Morgan fingerprint density at radius 2 is 1.94 bits per heavy atom. The van der Waals surface area contributed by atoms with Gasteiger partial charge < -0.3 is 0 Å². The molecule has 1 aliphatic rings. The van der Waals surface area contributed by atoms with Crippen molar-refractivity contribution in [1.29, 1.82) is 0 Å². The molecule has 0 radical (unpaired) electrons. The van der Waals surface area contributed by atoms with E-state index >= 15 is 0 Å². The van der Waals surface area contributed by atoms with E-state index in [1.807, 2.05) is 24.2 Å². The van der Waals surface area contributed by atoms with E-state index < -0.39 is 0 Å². The summed E-state index contributed by atoms with van der Waals surface area (Å²) in [6.45, 7) is 0. The van der Waals surface area contributed by atoms with E-state index in [0.29, 0.717) is 0 Å². The summed E-state index contributed by atoms with van der Waals surface area (Å²) in [7, 11) is 0. The lowest BCUT2D eigenvalue weighted by molar-refractivity contribution is 1.06. The summed E-state index contributed by atoms with van der Waals surface area (Å²) in [5, 5.41) is 0. The molecule has 2 heteroatoms. The maximum absolute atomic E-state index is 4.34. The number of thioether (sulfide) groups is 1. The summed E-state index contributed by atoms with van der Waals surface area (Å²) in [4.78, 5) is 5.63. The van der Waals surface area contributed by atoms with Crippen LogP contribution in [-0.2, 0) is 5.75 Å². The molecule has 0 atom stereocenters. The van der Waals surface area contributed by atoms with Crippen LogP contribution in [0.5, 0.6) is 0 Å². The standard InChI is InChI=1S/C15H15NS/c1-2-4-12(5-3-1)11-17-15-8-14(9-16-10-15)13-6-7-13/h1-5,8-10,13H,6-7,11H2. The number of rotatable bonds is 4. The van der Waals surface area contributed by atoms with Crippen LogP contribution in [0.3, 0.4) is 0 Å². The molecule has 1 heterocycles. The van der Waals surface area contributed by atoms with Gasteiger partial charge in [0, 0.05) is 23.0 Å². The fraction of sp³-hybridized carbons (Fsp3) is 0.267. The Balaban J connectivity index is 1.66. The lowest BCUT2D eigenvalue weighted by Crippen LogP contribution is -1.85. The lowest BCUT2D eigenvalue weighted by Gasteiger charge is -2.03. The van der Waals surface area contributed by atoms with Gasteiger partial charge in [0.1, 0.15) is 0 Å². The van der Waals surface area contributed by atoms with Crippen LogP contribution in [0.25, 0.3) is 0 Å². The first-order valence-corrected chi connectivity index (χ1v) is 7.02. The summed E-state index contributed by atoms with van der Waals surface area (Å²) in [5.41, 5.74) is 2.79. The molecule has 86 valence electrons. The molecule has 2 aromatic rings. The normalized spacial score (nSPS) is 14.8. The SMILES string of the molecule is c1ccc(CSc2cncc(C3CC3)c2)cc1. The molecule has 1 aromatic heterocycles. The van der Waals surface area contributed by atoms with Gasteiger partial charge in [-0.2, -0.15) is 0 Å². The minimum Gasteiger partial charge on any atom is -0.263 e. The Morgan fingerprint density at radius 1 is 1.12 bits per heavy atom. The van der Waals surface area contributed by atoms with Crippen molar-refractivity contribution in [2.75, 3.05) is 0 Å². The van der Waals surface area contributed by atoms with Crippen LogP contribution in [0.1, 0.15) is 29.9 Å². The summed E-state index contributed by atoms with van der Waals surface area (Å²) >= 11 is 1.87. The van der Waals surface area contributed by atoms with E-state index in [4.69, 9.17) is 0 Å². The van der Waals surface area contributed by atoms with Gasteiger partial charge in [0.25, 0.3) is 0 Å². The molecule has 3 rings (SSSR count). The largest absolute Gasteiger partial charge is 0.263 e. The number of nitrogens with zero attached hydrogens (tertiary/aromatic N) is 1. The third-order valence-electron chi connectivity index (χ3n) is 3.03. The van der Waals surface area contributed by atoms with Gasteiger partial charge in [0.05, 0.1) is 0 Å². The molecule has 0 aliphatic heterocycles. The van der Waals surface area contributed by atoms with Crippen molar-refractivity contribution in [2.24, 2.45) is 0 Å². The minimum atomic E-state index is 0.791. The number of hydrogen-bond donors (Lipinski definition) is 0. The number of hydrogen-bond acceptors (Lipinski definition) is 2. The first-order chi connectivity index (χ1) is 8.42. The average molecular weight is 241 g/mol. The van der Waals surface area contributed by atoms with Crippen molar-refractivity contribution in [3.05, 3.63) is 59.9 Å². The second-order valence-electron chi connectivity index (χ2n) is 4.50. The van der Waals surface area contributed by atoms with Crippen LogP contribution < -0.4 is 0 Å². The highest BCUT2D eigenvalue weighted by Crippen LogP contribution is 2.40. The van der Waals surface area contributed by atoms with E-state index in [1.165, 1.54) is 28.9 Å². The highest BCUT2D eigenvalue weighted by Gasteiger charge is 2.23. The van der Waals surface area contributed by atoms with Crippen LogP contribution >= 0.6 is 11.8 Å². The molecule has 0 spiro atoms. The summed E-state index contributed by atoms with van der Waals surface area (Å²) < 4.78 is 0. The molecule has 1 aliphatic carbocycles. The Labute approximate surface area is 106 Å². The molecular weight excluding hydrogens is 226 g/mol. The molecule has 0 N–H and O–H groups in total. The molecule has 1 aromatic carbocycles. The van der Waals surface area contributed by atoms with E-state index in [0.717, 1.165) is 11.7 Å². The van der Waals surface area contributed by atoms with Gasteiger partial charge in [-0.05, 0) is 36.0 Å². The molecule has 17 heavy (non-hydrogen) atoms. The van der Waals surface area contributed by atoms with Crippen molar-refractivity contribution in [2.45, 2.75) is 29.4 Å². The highest BCUT2D eigenvalue weighted by molar-refractivity contribution is 7.98. The molecule has 0 unspecified atom stereocenters. The van der Waals surface area contributed by atoms with Gasteiger partial charge >= 0.3 is 0 Å². The van der Waals surface area contributed by atoms with Crippen molar-refractivity contribution < 1.29 is 0 Å². The zero-order valence-electron chi connectivity index (χ0n) is 9.67. The van der Waals surface area contributed by atoms with E-state index in [-0.39, 0.29) is 0 Å². The number of aromatic nitrogens is 1. The van der Waals surface area contributed by atoms with Crippen LogP contribution in [0.2, 0.25) is 0 Å². The second kappa shape index (κ2) is 4.92. The quantitative estimate of drug-likeness (QED) is 0.742. The van der Waals surface area contributed by atoms with Gasteiger partial charge in [-0.1, -0.05) is 30.3 Å². The van der Waals surface area contributed by atoms with Crippen molar-refractivity contribution in [3.63, 3.8) is 0 Å². The minimum absolute atomic E-state index is 0.791. The van der Waals surface area contributed by atoms with Crippen LogP contribution in [0, 0.1) is 0 Å². The predicted octanol–water partition coefficient (Wildman–Crippen LogP) is 4.25. The smallest absolute Gasteiger partial charge is 0.0404 e. The van der Waals surface area contributed by atoms with Crippen LogP contribution in [-0.4, -0.2) is 4.98 Å². The first kappa shape index (κ1) is 10.8. The third-order valence-corrected chi connectivity index (χ3v) is 4.07. The number of benzene rings is 1. The lowest BCUT2D eigenvalue weighted by atomic mass is 10.2. The van der Waals surface area contributed by atoms with Crippen LogP contribution in [0.15, 0.2) is 53.7 Å². The van der Waals surface area contributed by atoms with E-state index in [2.05, 4.69) is 41.4 Å². The summed E-state index contributed by atoms with van der Waals surface area (Å²) in [5.74, 6) is 1.82. The molecule has 1 fully saturated rings. The maximum Gasteiger partial charge on any atom is 0.0404 e. The molecule has 0 saturated heterocycles. The fourth-order valence-corrected chi connectivity index (χ4v) is 2.78. The maximum atomic E-state index is 4.34. The van der Waals surface area contributed by atoms with Gasteiger partial charge in [0.15, 0.2) is 0 Å². The number of pyridine rings is 1. The second-order valence-corrected chi connectivity index (χ2v) is 5.55. The Kier molecular flexibility index (Phi) is 3.14. The molecular formula is C15H15NS. The molecule has 1 saturated carbocycles. The fourth-order valence-electron chi connectivity index (χ4n) is 1.90. The Morgan fingerprint density at radius 3 is 2.71 bits per heavy atom. The third kappa shape index (κ3) is 2.89. The van der Waals surface area contributed by atoms with Crippen molar-refractivity contribution in [3.8, 4) is 0 Å². The molecule has 0 bridgehead atoms. The van der Waals surface area contributed by atoms with Crippen molar-refractivity contribution in [1.82, 2.24) is 4.98 Å². The zero-order chi connectivity index (χ0) is 11.5. The summed E-state index contributed by atoms with van der Waals surface area (Å²) in [6.07, 6.45) is 6.67. The highest BCUT2D eigenvalue weighted by atomic mass is 32.2.